The van der Waals surface area contributed by atoms with Crippen molar-refractivity contribution in [1.29, 1.82) is 0 Å². The number of carbonyl (C=O) groups is 1. The van der Waals surface area contributed by atoms with Crippen LogP contribution in [0.4, 0.5) is 0 Å². The van der Waals surface area contributed by atoms with E-state index in [9.17, 15) is 4.79 Å². The van der Waals surface area contributed by atoms with E-state index < -0.39 is 0 Å². The highest BCUT2D eigenvalue weighted by Crippen LogP contribution is 2.08. The molecule has 8 heteroatoms. The highest BCUT2D eigenvalue weighted by atomic mass is 127. The minimum absolute atomic E-state index is 0. The van der Waals surface area contributed by atoms with Gasteiger partial charge in [0.1, 0.15) is 5.76 Å². The number of oxazole rings is 1. The number of hydrogen-bond acceptors (Lipinski definition) is 5. The Balaban J connectivity index is 0.00000312. The summed E-state index contributed by atoms with van der Waals surface area (Å²) in [5.41, 5.74) is 2.44. The molecule has 0 aliphatic heterocycles. The summed E-state index contributed by atoms with van der Waals surface area (Å²) in [7, 11) is 3.06. The summed E-state index contributed by atoms with van der Waals surface area (Å²) < 4.78 is 10.2. The summed E-state index contributed by atoms with van der Waals surface area (Å²) in [5, 5.41) is 6.34. The molecule has 7 nitrogen and oxygen atoms in total. The number of halogens is 1. The molecule has 2 N–H and O–H groups in total. The lowest BCUT2D eigenvalue weighted by Gasteiger charge is -2.11. The second-order valence-electron chi connectivity index (χ2n) is 5.22. The highest BCUT2D eigenvalue weighted by molar-refractivity contribution is 14.0. The van der Waals surface area contributed by atoms with Crippen LogP contribution in [-0.4, -0.2) is 31.1 Å². The van der Waals surface area contributed by atoms with E-state index in [2.05, 4.69) is 25.3 Å². The van der Waals surface area contributed by atoms with Crippen molar-refractivity contribution in [1.82, 2.24) is 15.6 Å². The number of methoxy groups -OCH3 is 1. The zero-order chi connectivity index (χ0) is 17.5. The molecule has 25 heavy (non-hydrogen) atoms. The fourth-order valence-electron chi connectivity index (χ4n) is 2.06. The molecule has 2 aromatic rings. The molecule has 0 amide bonds. The fraction of sp³-hybridized carbons (Fsp3) is 0.353. The van der Waals surface area contributed by atoms with Crippen molar-refractivity contribution in [3.63, 3.8) is 0 Å². The van der Waals surface area contributed by atoms with E-state index in [1.807, 2.05) is 26.0 Å². The largest absolute Gasteiger partial charge is 0.465 e. The number of rotatable bonds is 5. The molecule has 0 bridgehead atoms. The summed E-state index contributed by atoms with van der Waals surface area (Å²) in [4.78, 5) is 19.9. The summed E-state index contributed by atoms with van der Waals surface area (Å²) in [5.74, 6) is 1.74. The standard InChI is InChI=1S/C17H22N4O3.HI/c1-11-12(2)24-15(21-11)10-20-17(18-3)19-9-13-5-7-14(8-6-13)16(22)23-4;/h5-8H,9-10H2,1-4H3,(H2,18,19,20);1H. The SMILES string of the molecule is CN=C(NCc1ccc(C(=O)OC)cc1)NCc1nc(C)c(C)o1.I. The number of aliphatic imine (C=N–C) groups is 1. The number of ether oxygens (including phenoxy) is 1. The van der Waals surface area contributed by atoms with Gasteiger partial charge in [-0.05, 0) is 31.5 Å². The lowest BCUT2D eigenvalue weighted by Crippen LogP contribution is -2.36. The Hall–Kier alpha value is -2.10. The Morgan fingerprint density at radius 3 is 2.36 bits per heavy atom. The third-order valence-electron chi connectivity index (χ3n) is 3.54. The van der Waals surface area contributed by atoms with Crippen molar-refractivity contribution in [2.45, 2.75) is 26.9 Å². The van der Waals surface area contributed by atoms with Crippen LogP contribution in [0.15, 0.2) is 33.7 Å². The quantitative estimate of drug-likeness (QED) is 0.310. The molecule has 1 aromatic heterocycles. The Morgan fingerprint density at radius 2 is 1.84 bits per heavy atom. The number of benzene rings is 1. The topological polar surface area (TPSA) is 88.8 Å². The lowest BCUT2D eigenvalue weighted by molar-refractivity contribution is 0.0600. The number of carbonyl (C=O) groups excluding carboxylic acids is 1. The number of nitrogens with zero attached hydrogens (tertiary/aromatic N) is 2. The van der Waals surface area contributed by atoms with Crippen molar-refractivity contribution >= 4 is 35.9 Å². The first-order valence-electron chi connectivity index (χ1n) is 7.58. The predicted molar refractivity (Wildman–Crippen MR) is 106 cm³/mol. The van der Waals surface area contributed by atoms with E-state index in [4.69, 9.17) is 4.42 Å². The van der Waals surface area contributed by atoms with Gasteiger partial charge in [-0.25, -0.2) is 9.78 Å². The first-order valence-corrected chi connectivity index (χ1v) is 7.58. The van der Waals surface area contributed by atoms with Crippen molar-refractivity contribution in [2.24, 2.45) is 4.99 Å². The zero-order valence-electron chi connectivity index (χ0n) is 14.8. The van der Waals surface area contributed by atoms with Crippen LogP contribution in [0.1, 0.15) is 33.3 Å². The maximum atomic E-state index is 11.4. The Labute approximate surface area is 164 Å². The van der Waals surface area contributed by atoms with E-state index in [0.29, 0.717) is 30.5 Å². The summed E-state index contributed by atoms with van der Waals surface area (Å²) >= 11 is 0. The Morgan fingerprint density at radius 1 is 1.20 bits per heavy atom. The van der Waals surface area contributed by atoms with Gasteiger partial charge in [0.15, 0.2) is 5.96 Å². The van der Waals surface area contributed by atoms with Crippen LogP contribution in [0.5, 0.6) is 0 Å². The van der Waals surface area contributed by atoms with Gasteiger partial charge in [-0.15, -0.1) is 24.0 Å². The van der Waals surface area contributed by atoms with Gasteiger partial charge in [0.2, 0.25) is 5.89 Å². The van der Waals surface area contributed by atoms with Crippen LogP contribution in [0.25, 0.3) is 0 Å². The third kappa shape index (κ3) is 6.04. The van der Waals surface area contributed by atoms with Crippen LogP contribution in [0.3, 0.4) is 0 Å². The van der Waals surface area contributed by atoms with Gasteiger partial charge in [0, 0.05) is 13.6 Å². The van der Waals surface area contributed by atoms with Crippen LogP contribution in [0.2, 0.25) is 0 Å². The summed E-state index contributed by atoms with van der Waals surface area (Å²) in [6.07, 6.45) is 0. The fourth-order valence-corrected chi connectivity index (χ4v) is 2.06. The first kappa shape index (κ1) is 20.9. The second kappa shape index (κ2) is 10.0. The van der Waals surface area contributed by atoms with Gasteiger partial charge in [0.05, 0.1) is 24.9 Å². The smallest absolute Gasteiger partial charge is 0.337 e. The summed E-state index contributed by atoms with van der Waals surface area (Å²) in [6, 6.07) is 7.20. The maximum absolute atomic E-state index is 11.4. The van der Waals surface area contributed by atoms with Crippen LogP contribution >= 0.6 is 24.0 Å². The average Bonchev–Trinajstić information content (AvgIpc) is 2.93. The monoisotopic (exact) mass is 458 g/mol. The zero-order valence-corrected chi connectivity index (χ0v) is 17.1. The molecular formula is C17H23IN4O3. The van der Waals surface area contributed by atoms with Gasteiger partial charge in [-0.1, -0.05) is 12.1 Å². The second-order valence-corrected chi connectivity index (χ2v) is 5.22. The van der Waals surface area contributed by atoms with Gasteiger partial charge in [-0.2, -0.15) is 0 Å². The van der Waals surface area contributed by atoms with Crippen molar-refractivity contribution in [3.8, 4) is 0 Å². The molecule has 0 saturated heterocycles. The van der Waals surface area contributed by atoms with Crippen molar-refractivity contribution in [2.75, 3.05) is 14.2 Å². The summed E-state index contributed by atoms with van der Waals surface area (Å²) in [6.45, 7) is 4.82. The van der Waals surface area contributed by atoms with Gasteiger partial charge in [-0.3, -0.25) is 4.99 Å². The van der Waals surface area contributed by atoms with Crippen LogP contribution in [-0.2, 0) is 17.8 Å². The van der Waals surface area contributed by atoms with Crippen LogP contribution in [0, 0.1) is 13.8 Å². The molecule has 2 rings (SSSR count). The molecule has 0 aliphatic carbocycles. The molecule has 0 atom stereocenters. The molecule has 1 aromatic carbocycles. The number of aryl methyl sites for hydroxylation is 2. The number of guanidine groups is 1. The van der Waals surface area contributed by atoms with E-state index in [1.54, 1.807) is 19.2 Å². The minimum atomic E-state index is -0.344. The normalized spacial score (nSPS) is 10.8. The molecule has 136 valence electrons. The number of aromatic nitrogens is 1. The molecule has 0 aliphatic rings. The Bertz CT molecular complexity index is 706. The molecule has 0 fully saturated rings. The van der Waals surface area contributed by atoms with Gasteiger partial charge >= 0.3 is 5.97 Å². The van der Waals surface area contributed by atoms with E-state index in [-0.39, 0.29) is 29.9 Å². The molecule has 1 heterocycles. The van der Waals surface area contributed by atoms with Gasteiger partial charge in [0.25, 0.3) is 0 Å². The maximum Gasteiger partial charge on any atom is 0.337 e. The van der Waals surface area contributed by atoms with E-state index >= 15 is 0 Å². The lowest BCUT2D eigenvalue weighted by atomic mass is 10.1. The average molecular weight is 458 g/mol. The first-order chi connectivity index (χ1) is 11.5. The molecule has 0 saturated carbocycles. The number of esters is 1. The van der Waals surface area contributed by atoms with E-state index in [1.165, 1.54) is 7.11 Å². The third-order valence-corrected chi connectivity index (χ3v) is 3.54. The minimum Gasteiger partial charge on any atom is -0.465 e. The Kier molecular flexibility index (Phi) is 8.39. The van der Waals surface area contributed by atoms with Crippen LogP contribution < -0.4 is 10.6 Å². The highest BCUT2D eigenvalue weighted by Gasteiger charge is 2.07. The molecule has 0 radical (unpaired) electrons. The van der Waals surface area contributed by atoms with E-state index in [0.717, 1.165) is 17.0 Å². The van der Waals surface area contributed by atoms with Crippen molar-refractivity contribution in [3.05, 3.63) is 52.7 Å². The molecule has 0 unspecified atom stereocenters. The van der Waals surface area contributed by atoms with Gasteiger partial charge < -0.3 is 19.8 Å². The number of hydrogen-bond donors (Lipinski definition) is 2. The molecular weight excluding hydrogens is 435 g/mol. The van der Waals surface area contributed by atoms with Crippen molar-refractivity contribution < 1.29 is 13.9 Å². The predicted octanol–water partition coefficient (Wildman–Crippen LogP) is 2.56. The molecule has 0 spiro atoms. The number of nitrogens with one attached hydrogen (secondary N) is 2.